The first-order valence-electron chi connectivity index (χ1n) is 30.4. The number of nitrogens with two attached hydrogens (primary N) is 2. The fraction of sp³-hybridized carbons (Fsp3) is 0.422. The summed E-state index contributed by atoms with van der Waals surface area (Å²) in [6.45, 7) is 4.60. The Hall–Kier alpha value is -9.93. The van der Waals surface area contributed by atoms with Crippen LogP contribution in [0.1, 0.15) is 75.1 Å². The summed E-state index contributed by atoms with van der Waals surface area (Å²) in [5, 5.41) is 44.2. The number of likely N-dealkylation sites (N-methyl/N-ethyl adjacent to an activating group) is 1. The molecule has 4 aromatic carbocycles. The number of carbonyl (C=O) groups is 10. The van der Waals surface area contributed by atoms with Gasteiger partial charge in [-0.1, -0.05) is 112 Å². The van der Waals surface area contributed by atoms with E-state index in [1.165, 1.54) is 0 Å². The molecule has 1 aromatic heterocycles. The lowest BCUT2D eigenvalue weighted by atomic mass is 9.99. The number of carbonyl (C=O) groups excluding carboxylic acids is 10. The lowest BCUT2D eigenvalue weighted by Gasteiger charge is -2.28. The third-order valence-corrected chi connectivity index (χ3v) is 15.1. The second-order valence-electron chi connectivity index (χ2n) is 22.4. The van der Waals surface area contributed by atoms with Crippen molar-refractivity contribution >= 4 is 76.6 Å². The lowest BCUT2D eigenvalue weighted by Crippen LogP contribution is -2.61. The van der Waals surface area contributed by atoms with Gasteiger partial charge in [0.15, 0.2) is 12.7 Å². The van der Waals surface area contributed by atoms with Crippen LogP contribution in [0.15, 0.2) is 120 Å². The molecule has 0 unspecified atom stereocenters. The molecule has 0 spiro atoms. The van der Waals surface area contributed by atoms with E-state index in [-0.39, 0.29) is 70.0 Å². The summed E-state index contributed by atoms with van der Waals surface area (Å²) in [6.07, 6.45) is 1.64. The number of nitrogens with one attached hydrogen (secondary N) is 10. The highest BCUT2D eigenvalue weighted by Gasteiger charge is 2.37. The molecule has 5 aromatic rings. The second kappa shape index (κ2) is 36.7. The molecule has 494 valence electrons. The van der Waals surface area contributed by atoms with Gasteiger partial charge in [0.1, 0.15) is 54.6 Å². The third-order valence-electron chi connectivity index (χ3n) is 15.1. The molecule has 92 heavy (non-hydrogen) atoms. The fourth-order valence-corrected chi connectivity index (χ4v) is 10.3. The Kier molecular flexibility index (Phi) is 28.4. The number of aliphatic imine (C=N–C) groups is 1. The largest absolute Gasteiger partial charge is 0.489 e. The van der Waals surface area contributed by atoms with E-state index >= 15 is 4.79 Å². The maximum Gasteiger partial charge on any atom is 0.409 e. The van der Waals surface area contributed by atoms with Crippen LogP contribution in [0, 0.1) is 5.92 Å². The lowest BCUT2D eigenvalue weighted by molar-refractivity contribution is -0.137. The highest BCUT2D eigenvalue weighted by atomic mass is 16.6. The van der Waals surface area contributed by atoms with Crippen molar-refractivity contribution in [3.05, 3.63) is 138 Å². The molecule has 0 saturated carbocycles. The van der Waals surface area contributed by atoms with Crippen LogP contribution in [-0.4, -0.2) is 174 Å². The first kappa shape index (κ1) is 71.1. The van der Waals surface area contributed by atoms with Crippen LogP contribution >= 0.6 is 0 Å². The predicted octanol–water partition coefficient (Wildman–Crippen LogP) is -0.307. The van der Waals surface area contributed by atoms with Crippen LogP contribution in [0.25, 0.3) is 10.9 Å². The molecular weight excluding hydrogens is 1190 g/mol. The average molecular weight is 1270 g/mol. The van der Waals surface area contributed by atoms with E-state index in [0.29, 0.717) is 52.9 Å². The van der Waals surface area contributed by atoms with Gasteiger partial charge in [0.2, 0.25) is 53.7 Å². The van der Waals surface area contributed by atoms with Gasteiger partial charge in [-0.25, -0.2) is 4.79 Å². The maximum atomic E-state index is 15.0. The molecule has 1 aliphatic heterocycles. The number of fused-ring (bicyclic) bond motifs is 1. The number of aromatic amines is 1. The fourth-order valence-electron chi connectivity index (χ4n) is 10.3. The number of hydrogen-bond donors (Lipinski definition) is 14. The zero-order valence-corrected chi connectivity index (χ0v) is 51.7. The molecular formula is C64H84N14O14. The van der Waals surface area contributed by atoms with Gasteiger partial charge < -0.3 is 78.7 Å². The number of aromatic nitrogens is 1. The molecule has 1 fully saturated rings. The molecule has 0 aliphatic carbocycles. The predicted molar refractivity (Wildman–Crippen MR) is 339 cm³/mol. The third kappa shape index (κ3) is 22.5. The Balaban J connectivity index is 1.27. The van der Waals surface area contributed by atoms with Crippen molar-refractivity contribution in [1.29, 1.82) is 0 Å². The van der Waals surface area contributed by atoms with Gasteiger partial charge in [0, 0.05) is 42.9 Å². The maximum absolute atomic E-state index is 15.0. The highest BCUT2D eigenvalue weighted by Crippen LogP contribution is 2.21. The molecule has 1 saturated heterocycles. The van der Waals surface area contributed by atoms with Crippen molar-refractivity contribution in [2.75, 3.05) is 39.6 Å². The molecule has 28 nitrogen and oxygen atoms in total. The minimum absolute atomic E-state index is 0.00447. The number of aliphatic hydroxyl groups excluding tert-OH is 2. The summed E-state index contributed by atoms with van der Waals surface area (Å²) >= 11 is 0. The van der Waals surface area contributed by atoms with E-state index in [9.17, 15) is 53.4 Å². The quantitative estimate of drug-likeness (QED) is 0.00804. The van der Waals surface area contributed by atoms with Crippen molar-refractivity contribution < 1.29 is 67.6 Å². The van der Waals surface area contributed by atoms with Gasteiger partial charge in [0.05, 0.1) is 19.3 Å². The summed E-state index contributed by atoms with van der Waals surface area (Å²) in [5.74, 6) is -6.86. The molecule has 28 heteroatoms. The Morgan fingerprint density at radius 2 is 1.16 bits per heavy atom. The number of ether oxygens (including phenoxy) is 2. The molecule has 1 aliphatic rings. The van der Waals surface area contributed by atoms with Gasteiger partial charge in [-0.2, -0.15) is 0 Å². The minimum atomic E-state index is -1.80. The van der Waals surface area contributed by atoms with Gasteiger partial charge in [-0.15, -0.1) is 0 Å². The van der Waals surface area contributed by atoms with Crippen molar-refractivity contribution in [3.63, 3.8) is 0 Å². The standard InChI is InChI=1S/C64H84N14O14/c1-4-78-28-14-22-54(78)62(89)77-55(82)47(21-13-27-68-63(65)66)70-56(83)48(29-39(2)3)71-57(84)49(30-40-15-7-5-8-16-40)72-58(85)50(31-41-23-25-44(26-24-41)91-36-42-17-9-6-10-18-42)73-60(87)52(34-79)75-59(86)51(32-43-33-69-46-20-12-11-19-45(43)46)74-61(88)53(35-80)76-64(90)92-38-67-37-81/h5-12,15-20,23-26,33,37,39,47-54,69,79-80H,4,13-14,21-22,27-32,34-36,38H2,1-3H3,(H,67,81)(H,70,83)(H,71,84)(H,72,85)(H,73,87)(H,74,88)(H,75,86)(H,76,90)(H4,65,66,68)(H,77,82,89)/t47-,48-,49+,50-,51-,52-,53-,54-/m0/s1. The van der Waals surface area contributed by atoms with Crippen LogP contribution < -0.4 is 64.1 Å². The van der Waals surface area contributed by atoms with Crippen LogP contribution in [0.4, 0.5) is 4.79 Å². The van der Waals surface area contributed by atoms with E-state index in [4.69, 9.17) is 20.9 Å². The second-order valence-corrected chi connectivity index (χ2v) is 22.4. The number of alkyl carbamates (subject to hydrolysis) is 1. The summed E-state index contributed by atoms with van der Waals surface area (Å²) < 4.78 is 10.8. The summed E-state index contributed by atoms with van der Waals surface area (Å²) in [7, 11) is 0. The number of H-pyrrole nitrogens is 1. The molecule has 10 amide bonds. The number of likely N-dealkylation sites (tertiary alicyclic amines) is 1. The number of hydrogen-bond acceptors (Lipinski definition) is 16. The van der Waals surface area contributed by atoms with Gasteiger partial charge in [0.25, 0.3) is 0 Å². The highest BCUT2D eigenvalue weighted by molar-refractivity contribution is 6.02. The molecule has 6 rings (SSSR count). The monoisotopic (exact) mass is 1270 g/mol. The number of nitrogens with zero attached hydrogens (tertiary/aromatic N) is 2. The van der Waals surface area contributed by atoms with E-state index in [0.717, 1.165) is 12.0 Å². The summed E-state index contributed by atoms with van der Waals surface area (Å²) in [5.41, 5.74) is 14.3. The van der Waals surface area contributed by atoms with Gasteiger partial charge in [-0.05, 0) is 91.6 Å². The summed E-state index contributed by atoms with van der Waals surface area (Å²) in [6, 6.07) is 20.6. The first-order valence-corrected chi connectivity index (χ1v) is 30.4. The van der Waals surface area contributed by atoms with Gasteiger partial charge >= 0.3 is 6.09 Å². The minimum Gasteiger partial charge on any atom is -0.489 e. The average Bonchev–Trinajstić information content (AvgIpc) is 2.34. The van der Waals surface area contributed by atoms with E-state index in [1.54, 1.807) is 85.1 Å². The van der Waals surface area contributed by atoms with Crippen LogP contribution in [0.3, 0.4) is 0 Å². The number of para-hydroxylation sites is 1. The van der Waals surface area contributed by atoms with Crippen molar-refractivity contribution in [2.45, 2.75) is 127 Å². The molecule has 2 heterocycles. The first-order chi connectivity index (χ1) is 44.3. The smallest absolute Gasteiger partial charge is 0.409 e. The zero-order chi connectivity index (χ0) is 66.5. The van der Waals surface area contributed by atoms with Crippen molar-refractivity contribution in [2.24, 2.45) is 22.4 Å². The Labute approximate surface area is 532 Å². The number of amides is 10. The van der Waals surface area contributed by atoms with E-state index in [1.807, 2.05) is 56.0 Å². The zero-order valence-electron chi connectivity index (χ0n) is 51.7. The van der Waals surface area contributed by atoms with Crippen LogP contribution in [-0.2, 0) is 73.8 Å². The topological polar surface area (TPSA) is 421 Å². The molecule has 0 bridgehead atoms. The number of imide groups is 1. The van der Waals surface area contributed by atoms with E-state index in [2.05, 4.69) is 57.8 Å². The van der Waals surface area contributed by atoms with Crippen LogP contribution in [0.5, 0.6) is 5.75 Å². The van der Waals surface area contributed by atoms with Crippen molar-refractivity contribution in [1.82, 2.24) is 57.7 Å². The number of aliphatic hydroxyl groups is 2. The summed E-state index contributed by atoms with van der Waals surface area (Å²) in [4.78, 5) is 147. The number of rotatable bonds is 36. The SMILES string of the molecule is CCN1CCC[C@H]1C(=O)NC(=O)[C@H](CCCN=C(N)N)NC(=O)[C@H](CC(C)C)NC(=O)[C@@H](Cc1ccccc1)NC(=O)[C@H](Cc1ccc(OCc2ccccc2)cc1)NC(=O)[C@H](CO)NC(=O)[C@H](Cc1c[nH]c2ccccc12)NC(=O)[C@H](CO)NC(=O)OCNC=O. The van der Waals surface area contributed by atoms with Crippen molar-refractivity contribution in [3.8, 4) is 5.75 Å². The number of benzene rings is 4. The van der Waals surface area contributed by atoms with Crippen LogP contribution in [0.2, 0.25) is 0 Å². The molecule has 16 N–H and O–H groups in total. The number of guanidine groups is 1. The Morgan fingerprint density at radius 3 is 1.75 bits per heavy atom. The Morgan fingerprint density at radius 1 is 0.641 bits per heavy atom. The Bertz CT molecular complexity index is 3290. The molecule has 8 atom stereocenters. The normalized spacial score (nSPS) is 15.1. The molecule has 0 radical (unpaired) electrons. The van der Waals surface area contributed by atoms with Gasteiger partial charge in [-0.3, -0.25) is 58.4 Å². The van der Waals surface area contributed by atoms with E-state index < -0.39 is 122 Å².